The smallest absolute Gasteiger partial charge is 0.305 e. The molecule has 5 heteroatoms. The van der Waals surface area contributed by atoms with Crippen molar-refractivity contribution in [1.82, 2.24) is 5.32 Å². The summed E-state index contributed by atoms with van der Waals surface area (Å²) in [6, 6.07) is 8.50. The van der Waals surface area contributed by atoms with Crippen molar-refractivity contribution in [2.75, 3.05) is 6.54 Å². The van der Waals surface area contributed by atoms with Crippen LogP contribution in [-0.4, -0.2) is 36.0 Å². The molecule has 0 aromatic heterocycles. The number of hydrogen-bond acceptors (Lipinski definition) is 4. The number of carbonyl (C=O) groups is 2. The van der Waals surface area contributed by atoms with E-state index < -0.39 is 18.1 Å². The van der Waals surface area contributed by atoms with Crippen LogP contribution in [0.5, 0.6) is 0 Å². The normalized spacial score (nSPS) is 13.8. The van der Waals surface area contributed by atoms with Gasteiger partial charge in [0.05, 0.1) is 12.5 Å². The maximum atomic E-state index is 10.7. The fraction of sp³-hybridized carbons (Fsp3) is 0.385. The SMILES string of the molecule is N[C@H](C=O)C(CC(=O)O)NCCc1ccccc1. The number of carboxylic acids is 1. The third-order valence-corrected chi connectivity index (χ3v) is 2.68. The van der Waals surface area contributed by atoms with Gasteiger partial charge >= 0.3 is 5.97 Å². The van der Waals surface area contributed by atoms with Crippen LogP contribution in [0.4, 0.5) is 0 Å². The van der Waals surface area contributed by atoms with Crippen molar-refractivity contribution < 1.29 is 14.7 Å². The van der Waals surface area contributed by atoms with Gasteiger partial charge in [-0.2, -0.15) is 0 Å². The zero-order chi connectivity index (χ0) is 13.4. The van der Waals surface area contributed by atoms with Gasteiger partial charge in [-0.15, -0.1) is 0 Å². The molecule has 1 aromatic rings. The number of carboxylic acid groups (broad SMARTS) is 1. The first-order valence-corrected chi connectivity index (χ1v) is 5.83. The van der Waals surface area contributed by atoms with Gasteiger partial charge in [0.25, 0.3) is 0 Å². The first-order valence-electron chi connectivity index (χ1n) is 5.83. The van der Waals surface area contributed by atoms with E-state index in [1.54, 1.807) is 0 Å². The third kappa shape index (κ3) is 5.07. The number of nitrogens with two attached hydrogens (primary N) is 1. The highest BCUT2D eigenvalue weighted by atomic mass is 16.4. The average molecular weight is 250 g/mol. The molecular formula is C13H18N2O3. The van der Waals surface area contributed by atoms with Crippen LogP contribution in [0.15, 0.2) is 30.3 Å². The summed E-state index contributed by atoms with van der Waals surface area (Å²) in [7, 11) is 0. The molecule has 0 saturated carbocycles. The molecule has 1 unspecified atom stereocenters. The Bertz CT molecular complexity index is 381. The molecule has 98 valence electrons. The summed E-state index contributed by atoms with van der Waals surface area (Å²) in [4.78, 5) is 21.3. The van der Waals surface area contributed by atoms with E-state index in [0.29, 0.717) is 12.8 Å². The largest absolute Gasteiger partial charge is 0.481 e. The van der Waals surface area contributed by atoms with E-state index in [0.717, 1.165) is 12.0 Å². The molecule has 0 heterocycles. The monoisotopic (exact) mass is 250 g/mol. The summed E-state index contributed by atoms with van der Waals surface area (Å²) in [5.74, 6) is -0.968. The fourth-order valence-electron chi connectivity index (χ4n) is 1.67. The number of aldehydes is 1. The van der Waals surface area contributed by atoms with Crippen LogP contribution in [0.25, 0.3) is 0 Å². The van der Waals surface area contributed by atoms with Crippen molar-refractivity contribution in [3.05, 3.63) is 35.9 Å². The van der Waals surface area contributed by atoms with E-state index >= 15 is 0 Å². The summed E-state index contributed by atoms with van der Waals surface area (Å²) >= 11 is 0. The number of carbonyl (C=O) groups excluding carboxylic acids is 1. The number of benzene rings is 1. The van der Waals surface area contributed by atoms with E-state index in [9.17, 15) is 9.59 Å². The van der Waals surface area contributed by atoms with Crippen molar-refractivity contribution in [2.24, 2.45) is 5.73 Å². The summed E-state index contributed by atoms with van der Waals surface area (Å²) in [6.07, 6.45) is 1.18. The molecule has 0 aliphatic rings. The Morgan fingerprint density at radius 1 is 1.39 bits per heavy atom. The van der Waals surface area contributed by atoms with E-state index in [4.69, 9.17) is 10.8 Å². The maximum Gasteiger partial charge on any atom is 0.305 e. The Morgan fingerprint density at radius 2 is 2.06 bits per heavy atom. The van der Waals surface area contributed by atoms with Gasteiger partial charge in [0.1, 0.15) is 6.29 Å². The lowest BCUT2D eigenvalue weighted by atomic mass is 10.1. The molecule has 0 spiro atoms. The van der Waals surface area contributed by atoms with Gasteiger partial charge in [-0.05, 0) is 18.5 Å². The molecule has 0 radical (unpaired) electrons. The Kier molecular flexibility index (Phi) is 6.04. The highest BCUT2D eigenvalue weighted by Gasteiger charge is 2.19. The standard InChI is InChI=1S/C13H18N2O3/c14-11(9-16)12(8-13(17)18)15-7-6-10-4-2-1-3-5-10/h1-5,9,11-12,15H,6-8,14H2,(H,17,18)/t11-,12?/m1/s1. The number of nitrogens with one attached hydrogen (secondary N) is 1. The van der Waals surface area contributed by atoms with Gasteiger partial charge in [-0.25, -0.2) is 0 Å². The van der Waals surface area contributed by atoms with Crippen molar-refractivity contribution in [1.29, 1.82) is 0 Å². The van der Waals surface area contributed by atoms with E-state index in [1.165, 1.54) is 0 Å². The van der Waals surface area contributed by atoms with Crippen LogP contribution in [0.3, 0.4) is 0 Å². The summed E-state index contributed by atoms with van der Waals surface area (Å²) in [5.41, 5.74) is 6.70. The minimum absolute atomic E-state index is 0.158. The van der Waals surface area contributed by atoms with Crippen molar-refractivity contribution in [3.8, 4) is 0 Å². The van der Waals surface area contributed by atoms with E-state index in [-0.39, 0.29) is 6.42 Å². The second-order valence-corrected chi connectivity index (χ2v) is 4.11. The van der Waals surface area contributed by atoms with Crippen LogP contribution < -0.4 is 11.1 Å². The van der Waals surface area contributed by atoms with Crippen LogP contribution in [-0.2, 0) is 16.0 Å². The minimum atomic E-state index is -0.968. The van der Waals surface area contributed by atoms with E-state index in [2.05, 4.69) is 5.32 Å². The second kappa shape index (κ2) is 7.58. The van der Waals surface area contributed by atoms with Crippen molar-refractivity contribution in [3.63, 3.8) is 0 Å². The van der Waals surface area contributed by atoms with Gasteiger partial charge in [0, 0.05) is 6.04 Å². The average Bonchev–Trinajstić information content (AvgIpc) is 2.37. The Labute approximate surface area is 106 Å². The molecule has 0 amide bonds. The van der Waals surface area contributed by atoms with Crippen LogP contribution >= 0.6 is 0 Å². The first-order chi connectivity index (χ1) is 8.63. The van der Waals surface area contributed by atoms with Gasteiger partial charge < -0.3 is 21.0 Å². The predicted molar refractivity (Wildman–Crippen MR) is 68.2 cm³/mol. The van der Waals surface area contributed by atoms with Gasteiger partial charge in [0.2, 0.25) is 0 Å². The number of rotatable bonds is 8. The van der Waals surface area contributed by atoms with Crippen LogP contribution in [0.1, 0.15) is 12.0 Å². The Balaban J connectivity index is 2.42. The quantitative estimate of drug-likeness (QED) is 0.573. The molecule has 0 aliphatic heterocycles. The maximum absolute atomic E-state index is 10.7. The molecule has 1 aromatic carbocycles. The molecule has 5 nitrogen and oxygen atoms in total. The topological polar surface area (TPSA) is 92.4 Å². The van der Waals surface area contributed by atoms with Gasteiger partial charge in [0.15, 0.2) is 0 Å². The molecule has 18 heavy (non-hydrogen) atoms. The summed E-state index contributed by atoms with van der Waals surface area (Å²) in [6.45, 7) is 0.587. The van der Waals surface area contributed by atoms with E-state index in [1.807, 2.05) is 30.3 Å². The van der Waals surface area contributed by atoms with Crippen LogP contribution in [0, 0.1) is 0 Å². The number of hydrogen-bond donors (Lipinski definition) is 3. The Hall–Kier alpha value is -1.72. The molecule has 0 aliphatic carbocycles. The van der Waals surface area contributed by atoms with Crippen molar-refractivity contribution in [2.45, 2.75) is 24.9 Å². The molecule has 0 fully saturated rings. The zero-order valence-corrected chi connectivity index (χ0v) is 10.1. The lowest BCUT2D eigenvalue weighted by Crippen LogP contribution is -2.47. The third-order valence-electron chi connectivity index (χ3n) is 2.68. The summed E-state index contributed by atoms with van der Waals surface area (Å²) in [5, 5.41) is 11.7. The molecule has 1 rings (SSSR count). The molecule has 0 bridgehead atoms. The minimum Gasteiger partial charge on any atom is -0.481 e. The fourth-order valence-corrected chi connectivity index (χ4v) is 1.67. The first kappa shape index (κ1) is 14.3. The molecular weight excluding hydrogens is 232 g/mol. The zero-order valence-electron chi connectivity index (χ0n) is 10.1. The molecule has 2 atom stereocenters. The lowest BCUT2D eigenvalue weighted by molar-refractivity contribution is -0.137. The summed E-state index contributed by atoms with van der Waals surface area (Å²) < 4.78 is 0. The Morgan fingerprint density at radius 3 is 2.61 bits per heavy atom. The highest BCUT2D eigenvalue weighted by molar-refractivity contribution is 5.69. The second-order valence-electron chi connectivity index (χ2n) is 4.11. The van der Waals surface area contributed by atoms with Gasteiger partial charge in [-0.3, -0.25) is 4.79 Å². The van der Waals surface area contributed by atoms with Gasteiger partial charge in [-0.1, -0.05) is 30.3 Å². The van der Waals surface area contributed by atoms with Crippen molar-refractivity contribution >= 4 is 12.3 Å². The number of aliphatic carboxylic acids is 1. The highest BCUT2D eigenvalue weighted by Crippen LogP contribution is 2.00. The molecule has 4 N–H and O–H groups in total. The predicted octanol–water partition coefficient (Wildman–Crippen LogP) is 0.188. The lowest BCUT2D eigenvalue weighted by Gasteiger charge is -2.19. The molecule has 0 saturated heterocycles. The van der Waals surface area contributed by atoms with Crippen LogP contribution in [0.2, 0.25) is 0 Å².